The summed E-state index contributed by atoms with van der Waals surface area (Å²) in [5, 5.41) is 5.66. The van der Waals surface area contributed by atoms with Gasteiger partial charge in [-0.2, -0.15) is 0 Å². The van der Waals surface area contributed by atoms with E-state index in [-0.39, 0.29) is 17.9 Å². The zero-order valence-corrected chi connectivity index (χ0v) is 14.3. The van der Waals surface area contributed by atoms with Gasteiger partial charge in [0.1, 0.15) is 0 Å². The average Bonchev–Trinajstić information content (AvgIpc) is 2.56. The molecule has 2 N–H and O–H groups in total. The average molecular weight is 317 g/mol. The number of carbonyl (C=O) groups excluding carboxylic acids is 2. The first-order chi connectivity index (χ1) is 11.0. The van der Waals surface area contributed by atoms with Gasteiger partial charge in [0.15, 0.2) is 0 Å². The number of carbonyl (C=O) groups is 2. The molecule has 1 heterocycles. The van der Waals surface area contributed by atoms with Gasteiger partial charge >= 0.3 is 0 Å². The summed E-state index contributed by atoms with van der Waals surface area (Å²) in [5.41, 5.74) is 3.21. The minimum Gasteiger partial charge on any atom is -0.358 e. The van der Waals surface area contributed by atoms with Gasteiger partial charge in [0.05, 0.1) is 6.04 Å². The SMILES string of the molecule is CNC(=O)C1CCCCN1CCC(=O)Nc1ccc(C)c(C)c1. The number of aryl methyl sites for hydroxylation is 2. The van der Waals surface area contributed by atoms with Crippen molar-refractivity contribution < 1.29 is 9.59 Å². The van der Waals surface area contributed by atoms with E-state index in [0.717, 1.165) is 31.5 Å². The second-order valence-electron chi connectivity index (χ2n) is 6.26. The molecule has 0 radical (unpaired) electrons. The lowest BCUT2D eigenvalue weighted by Crippen LogP contribution is -2.49. The van der Waals surface area contributed by atoms with Crippen LogP contribution in [0.5, 0.6) is 0 Å². The predicted octanol–water partition coefficient (Wildman–Crippen LogP) is 2.23. The van der Waals surface area contributed by atoms with Gasteiger partial charge in [0.25, 0.3) is 0 Å². The minimum absolute atomic E-state index is 0.00511. The number of anilines is 1. The van der Waals surface area contributed by atoms with Crippen molar-refractivity contribution in [2.24, 2.45) is 0 Å². The summed E-state index contributed by atoms with van der Waals surface area (Å²) < 4.78 is 0. The van der Waals surface area contributed by atoms with E-state index in [1.807, 2.05) is 25.1 Å². The fourth-order valence-corrected chi connectivity index (χ4v) is 3.01. The number of amides is 2. The van der Waals surface area contributed by atoms with Crippen LogP contribution in [0.25, 0.3) is 0 Å². The molecule has 1 fully saturated rings. The quantitative estimate of drug-likeness (QED) is 0.875. The van der Waals surface area contributed by atoms with Crippen LogP contribution in [0.2, 0.25) is 0 Å². The van der Waals surface area contributed by atoms with Gasteiger partial charge in [-0.15, -0.1) is 0 Å². The molecular formula is C18H27N3O2. The number of hydrogen-bond donors (Lipinski definition) is 2. The van der Waals surface area contributed by atoms with Crippen molar-refractivity contribution in [3.05, 3.63) is 29.3 Å². The molecule has 0 bridgehead atoms. The van der Waals surface area contributed by atoms with Crippen LogP contribution in [0.4, 0.5) is 5.69 Å². The molecule has 0 aromatic heterocycles. The lowest BCUT2D eigenvalue weighted by atomic mass is 10.0. The van der Waals surface area contributed by atoms with Gasteiger partial charge in [0.2, 0.25) is 11.8 Å². The van der Waals surface area contributed by atoms with E-state index in [1.54, 1.807) is 7.05 Å². The molecule has 1 unspecified atom stereocenters. The second-order valence-corrected chi connectivity index (χ2v) is 6.26. The Kier molecular flexibility index (Phi) is 6.16. The first-order valence-corrected chi connectivity index (χ1v) is 8.34. The number of piperidine rings is 1. The summed E-state index contributed by atoms with van der Waals surface area (Å²) in [6.07, 6.45) is 3.44. The fraction of sp³-hybridized carbons (Fsp3) is 0.556. The van der Waals surface area contributed by atoms with Crippen molar-refractivity contribution in [3.63, 3.8) is 0 Å². The molecule has 0 aliphatic carbocycles. The lowest BCUT2D eigenvalue weighted by Gasteiger charge is -2.34. The van der Waals surface area contributed by atoms with Crippen LogP contribution < -0.4 is 10.6 Å². The molecule has 5 heteroatoms. The van der Waals surface area contributed by atoms with Crippen LogP contribution in [-0.4, -0.2) is 42.9 Å². The molecule has 0 saturated carbocycles. The highest BCUT2D eigenvalue weighted by Gasteiger charge is 2.27. The number of hydrogen-bond acceptors (Lipinski definition) is 3. The second kappa shape index (κ2) is 8.11. The van der Waals surface area contributed by atoms with E-state index < -0.39 is 0 Å². The molecule has 1 saturated heterocycles. The maximum atomic E-state index is 12.2. The maximum Gasteiger partial charge on any atom is 0.237 e. The maximum absolute atomic E-state index is 12.2. The highest BCUT2D eigenvalue weighted by Crippen LogP contribution is 2.18. The van der Waals surface area contributed by atoms with Crippen LogP contribution >= 0.6 is 0 Å². The molecule has 1 aliphatic rings. The number of nitrogens with zero attached hydrogens (tertiary/aromatic N) is 1. The molecule has 1 aliphatic heterocycles. The Bertz CT molecular complexity index is 571. The third-order valence-corrected chi connectivity index (χ3v) is 4.58. The Balaban J connectivity index is 1.87. The largest absolute Gasteiger partial charge is 0.358 e. The number of nitrogens with one attached hydrogen (secondary N) is 2. The molecule has 126 valence electrons. The Morgan fingerprint density at radius 2 is 2.00 bits per heavy atom. The van der Waals surface area contributed by atoms with Gasteiger partial charge in [-0.1, -0.05) is 12.5 Å². The van der Waals surface area contributed by atoms with Crippen molar-refractivity contribution >= 4 is 17.5 Å². The first-order valence-electron chi connectivity index (χ1n) is 8.34. The Hall–Kier alpha value is -1.88. The zero-order valence-electron chi connectivity index (χ0n) is 14.3. The molecular weight excluding hydrogens is 290 g/mol. The third-order valence-electron chi connectivity index (χ3n) is 4.58. The molecule has 0 spiro atoms. The molecule has 2 amide bonds. The molecule has 2 rings (SSSR count). The fourth-order valence-electron chi connectivity index (χ4n) is 3.01. The van der Waals surface area contributed by atoms with Gasteiger partial charge < -0.3 is 10.6 Å². The standard InChI is InChI=1S/C18H27N3O2/c1-13-7-8-15(12-14(13)2)20-17(22)9-11-21-10-5-4-6-16(21)18(23)19-3/h7-8,12,16H,4-6,9-11H2,1-3H3,(H,19,23)(H,20,22). The topological polar surface area (TPSA) is 61.4 Å². The Labute approximate surface area is 138 Å². The normalized spacial score (nSPS) is 18.5. The molecule has 5 nitrogen and oxygen atoms in total. The Morgan fingerprint density at radius 1 is 1.22 bits per heavy atom. The first kappa shape index (κ1) is 17.5. The van der Waals surface area contributed by atoms with Crippen molar-refractivity contribution in [1.82, 2.24) is 10.2 Å². The van der Waals surface area contributed by atoms with Gasteiger partial charge in [-0.3, -0.25) is 14.5 Å². The van der Waals surface area contributed by atoms with Gasteiger partial charge in [0, 0.05) is 25.7 Å². The van der Waals surface area contributed by atoms with E-state index >= 15 is 0 Å². The highest BCUT2D eigenvalue weighted by molar-refractivity contribution is 5.91. The van der Waals surface area contributed by atoms with Crippen molar-refractivity contribution in [2.45, 2.75) is 45.6 Å². The van der Waals surface area contributed by atoms with Crippen molar-refractivity contribution in [3.8, 4) is 0 Å². The van der Waals surface area contributed by atoms with Crippen molar-refractivity contribution in [2.75, 3.05) is 25.5 Å². The smallest absolute Gasteiger partial charge is 0.237 e. The van der Waals surface area contributed by atoms with E-state index in [1.165, 1.54) is 11.1 Å². The lowest BCUT2D eigenvalue weighted by molar-refractivity contribution is -0.128. The van der Waals surface area contributed by atoms with E-state index in [2.05, 4.69) is 22.5 Å². The molecule has 1 aromatic carbocycles. The summed E-state index contributed by atoms with van der Waals surface area (Å²) in [7, 11) is 1.67. The van der Waals surface area contributed by atoms with Crippen LogP contribution in [0.3, 0.4) is 0 Å². The van der Waals surface area contributed by atoms with Crippen LogP contribution in [-0.2, 0) is 9.59 Å². The van der Waals surface area contributed by atoms with Gasteiger partial charge in [-0.25, -0.2) is 0 Å². The van der Waals surface area contributed by atoms with Gasteiger partial charge in [-0.05, 0) is 56.5 Å². The zero-order chi connectivity index (χ0) is 16.8. The minimum atomic E-state index is -0.0943. The summed E-state index contributed by atoms with van der Waals surface area (Å²) in [6.45, 7) is 5.59. The van der Waals surface area contributed by atoms with Crippen LogP contribution in [0.15, 0.2) is 18.2 Å². The monoisotopic (exact) mass is 317 g/mol. The summed E-state index contributed by atoms with van der Waals surface area (Å²) >= 11 is 0. The number of likely N-dealkylation sites (N-methyl/N-ethyl adjacent to an activating group) is 1. The number of benzene rings is 1. The molecule has 1 atom stereocenters. The van der Waals surface area contributed by atoms with E-state index in [4.69, 9.17) is 0 Å². The van der Waals surface area contributed by atoms with Crippen molar-refractivity contribution in [1.29, 1.82) is 0 Å². The summed E-state index contributed by atoms with van der Waals surface area (Å²) in [6, 6.07) is 5.83. The predicted molar refractivity (Wildman–Crippen MR) is 92.4 cm³/mol. The number of likely N-dealkylation sites (tertiary alicyclic amines) is 1. The summed E-state index contributed by atoms with van der Waals surface area (Å²) in [4.78, 5) is 26.2. The Morgan fingerprint density at radius 3 is 2.70 bits per heavy atom. The summed E-state index contributed by atoms with van der Waals surface area (Å²) in [5.74, 6) is 0.0498. The highest BCUT2D eigenvalue weighted by atomic mass is 16.2. The van der Waals surface area contributed by atoms with E-state index in [9.17, 15) is 9.59 Å². The van der Waals surface area contributed by atoms with Crippen LogP contribution in [0, 0.1) is 13.8 Å². The molecule has 1 aromatic rings. The van der Waals surface area contributed by atoms with Crippen LogP contribution in [0.1, 0.15) is 36.8 Å². The number of rotatable bonds is 5. The van der Waals surface area contributed by atoms with E-state index in [0.29, 0.717) is 13.0 Å². The third kappa shape index (κ3) is 4.79. The molecule has 23 heavy (non-hydrogen) atoms.